The molecular formula is C25H29N3O4. The Morgan fingerprint density at radius 1 is 1.03 bits per heavy atom. The summed E-state index contributed by atoms with van der Waals surface area (Å²) < 4.78 is 0. The fourth-order valence-electron chi connectivity index (χ4n) is 3.59. The zero-order valence-electron chi connectivity index (χ0n) is 18.9. The standard InChI is InChI=1S/C25H29N3O4/c1-5-6-17-7-11-19(12-8-17)25(4)23(31)28(24(32)27-25)15-21(29)18-9-13-20(14-10-18)26-22(30)16(2)3/h7-14,16H,5-6,15H2,1-4H3,(H,26,30)(H,27,32)/t25-/m0/s1. The molecule has 2 N–H and O–H groups in total. The van der Waals surface area contributed by atoms with E-state index in [9.17, 15) is 19.2 Å². The topological polar surface area (TPSA) is 95.6 Å². The third kappa shape index (κ3) is 4.72. The number of benzene rings is 2. The number of aryl methyl sites for hydroxylation is 1. The van der Waals surface area contributed by atoms with Gasteiger partial charge < -0.3 is 10.6 Å². The van der Waals surface area contributed by atoms with Gasteiger partial charge in [-0.25, -0.2) is 4.79 Å². The number of Topliss-reactive ketones (excluding diaryl/α,β-unsaturated/α-hetero) is 1. The van der Waals surface area contributed by atoms with E-state index in [4.69, 9.17) is 0 Å². The second-order valence-electron chi connectivity index (χ2n) is 8.54. The SMILES string of the molecule is CCCc1ccc([C@]2(C)NC(=O)N(CC(=O)c3ccc(NC(=O)C(C)C)cc3)C2=O)cc1. The van der Waals surface area contributed by atoms with E-state index < -0.39 is 17.5 Å². The first-order valence-corrected chi connectivity index (χ1v) is 10.8. The molecule has 2 aromatic rings. The summed E-state index contributed by atoms with van der Waals surface area (Å²) in [4.78, 5) is 51.1. The zero-order valence-corrected chi connectivity index (χ0v) is 18.9. The van der Waals surface area contributed by atoms with E-state index >= 15 is 0 Å². The lowest BCUT2D eigenvalue weighted by atomic mass is 9.91. The van der Waals surface area contributed by atoms with Crippen molar-refractivity contribution in [2.45, 2.75) is 46.1 Å². The summed E-state index contributed by atoms with van der Waals surface area (Å²) in [6.07, 6.45) is 1.96. The van der Waals surface area contributed by atoms with E-state index in [1.807, 2.05) is 24.3 Å². The van der Waals surface area contributed by atoms with Crippen LogP contribution in [0.5, 0.6) is 0 Å². The average Bonchev–Trinajstić information content (AvgIpc) is 2.98. The predicted octanol–water partition coefficient (Wildman–Crippen LogP) is 3.88. The van der Waals surface area contributed by atoms with E-state index in [0.717, 1.165) is 23.3 Å². The van der Waals surface area contributed by atoms with Crippen LogP contribution in [0.3, 0.4) is 0 Å². The third-order valence-electron chi connectivity index (χ3n) is 5.65. The molecule has 2 aromatic carbocycles. The van der Waals surface area contributed by atoms with Gasteiger partial charge in [0.05, 0.1) is 6.54 Å². The summed E-state index contributed by atoms with van der Waals surface area (Å²) in [6.45, 7) is 6.97. The molecule has 168 valence electrons. The Morgan fingerprint density at radius 3 is 2.22 bits per heavy atom. The molecule has 1 heterocycles. The van der Waals surface area contributed by atoms with Crippen LogP contribution < -0.4 is 10.6 Å². The molecule has 0 unspecified atom stereocenters. The largest absolute Gasteiger partial charge is 0.326 e. The van der Waals surface area contributed by atoms with Gasteiger partial charge in [-0.15, -0.1) is 0 Å². The lowest BCUT2D eigenvalue weighted by Gasteiger charge is -2.22. The van der Waals surface area contributed by atoms with Crippen molar-refractivity contribution in [2.24, 2.45) is 5.92 Å². The van der Waals surface area contributed by atoms with E-state index in [0.29, 0.717) is 16.8 Å². The number of hydrogen-bond donors (Lipinski definition) is 2. The number of rotatable bonds is 8. The van der Waals surface area contributed by atoms with Crippen LogP contribution in [0.4, 0.5) is 10.5 Å². The molecular weight excluding hydrogens is 406 g/mol. The molecule has 1 atom stereocenters. The lowest BCUT2D eigenvalue weighted by Crippen LogP contribution is -2.41. The number of urea groups is 1. The Morgan fingerprint density at radius 2 is 1.66 bits per heavy atom. The number of carbonyl (C=O) groups is 4. The molecule has 0 aromatic heterocycles. The van der Waals surface area contributed by atoms with Gasteiger partial charge in [-0.1, -0.05) is 51.5 Å². The first-order valence-electron chi connectivity index (χ1n) is 10.8. The third-order valence-corrected chi connectivity index (χ3v) is 5.65. The fourth-order valence-corrected chi connectivity index (χ4v) is 3.59. The molecule has 0 saturated carbocycles. The first-order chi connectivity index (χ1) is 15.2. The number of nitrogens with one attached hydrogen (secondary N) is 2. The zero-order chi connectivity index (χ0) is 23.5. The van der Waals surface area contributed by atoms with Crippen LogP contribution in [0.25, 0.3) is 0 Å². The molecule has 1 aliphatic rings. The van der Waals surface area contributed by atoms with Gasteiger partial charge in [-0.2, -0.15) is 0 Å². The van der Waals surface area contributed by atoms with Gasteiger partial charge in [0.2, 0.25) is 5.91 Å². The Kier molecular flexibility index (Phi) is 6.77. The number of anilines is 1. The highest BCUT2D eigenvalue weighted by atomic mass is 16.2. The minimum Gasteiger partial charge on any atom is -0.326 e. The van der Waals surface area contributed by atoms with Crippen LogP contribution in [0.15, 0.2) is 48.5 Å². The maximum Gasteiger partial charge on any atom is 0.325 e. The summed E-state index contributed by atoms with van der Waals surface area (Å²) in [5, 5.41) is 5.49. The molecule has 1 fully saturated rings. The molecule has 3 rings (SSSR count). The summed E-state index contributed by atoms with van der Waals surface area (Å²) in [5.74, 6) is -1.10. The Balaban J connectivity index is 1.71. The summed E-state index contributed by atoms with van der Waals surface area (Å²) in [6, 6.07) is 13.4. The van der Waals surface area contributed by atoms with E-state index in [-0.39, 0.29) is 24.2 Å². The number of nitrogens with zero attached hydrogens (tertiary/aromatic N) is 1. The summed E-state index contributed by atoms with van der Waals surface area (Å²) >= 11 is 0. The van der Waals surface area contributed by atoms with Crippen molar-refractivity contribution in [3.63, 3.8) is 0 Å². The number of imide groups is 1. The van der Waals surface area contributed by atoms with Gasteiger partial charge in [0.1, 0.15) is 5.54 Å². The lowest BCUT2D eigenvalue weighted by molar-refractivity contribution is -0.130. The maximum atomic E-state index is 13.1. The Hall–Kier alpha value is -3.48. The Bertz CT molecular complexity index is 1030. The molecule has 0 radical (unpaired) electrons. The molecule has 7 heteroatoms. The molecule has 7 nitrogen and oxygen atoms in total. The first kappa shape index (κ1) is 23.2. The van der Waals surface area contributed by atoms with Crippen molar-refractivity contribution < 1.29 is 19.2 Å². The van der Waals surface area contributed by atoms with Crippen molar-refractivity contribution >= 4 is 29.3 Å². The Labute approximate surface area is 188 Å². The van der Waals surface area contributed by atoms with Gasteiger partial charge in [0, 0.05) is 17.2 Å². The van der Waals surface area contributed by atoms with Crippen LogP contribution in [0.2, 0.25) is 0 Å². The van der Waals surface area contributed by atoms with E-state index in [2.05, 4.69) is 17.6 Å². The number of hydrogen-bond acceptors (Lipinski definition) is 4. The second-order valence-corrected chi connectivity index (χ2v) is 8.54. The van der Waals surface area contributed by atoms with Gasteiger partial charge in [0.25, 0.3) is 5.91 Å². The second kappa shape index (κ2) is 9.34. The summed E-state index contributed by atoms with van der Waals surface area (Å²) in [5.41, 5.74) is 1.56. The van der Waals surface area contributed by atoms with Crippen LogP contribution in [0.1, 0.15) is 55.6 Å². The average molecular weight is 436 g/mol. The number of amides is 4. The molecule has 0 bridgehead atoms. The minimum absolute atomic E-state index is 0.120. The smallest absolute Gasteiger partial charge is 0.325 e. The molecule has 1 aliphatic heterocycles. The molecule has 32 heavy (non-hydrogen) atoms. The van der Waals surface area contributed by atoms with Crippen molar-refractivity contribution in [1.29, 1.82) is 0 Å². The predicted molar refractivity (Wildman–Crippen MR) is 122 cm³/mol. The highest BCUT2D eigenvalue weighted by Crippen LogP contribution is 2.29. The van der Waals surface area contributed by atoms with E-state index in [1.165, 1.54) is 0 Å². The molecule has 0 spiro atoms. The van der Waals surface area contributed by atoms with Crippen molar-refractivity contribution in [3.05, 3.63) is 65.2 Å². The van der Waals surface area contributed by atoms with Crippen LogP contribution in [0, 0.1) is 5.92 Å². The van der Waals surface area contributed by atoms with E-state index in [1.54, 1.807) is 45.0 Å². The monoisotopic (exact) mass is 435 g/mol. The highest BCUT2D eigenvalue weighted by molar-refractivity contribution is 6.11. The normalized spacial score (nSPS) is 18.1. The van der Waals surface area contributed by atoms with Gasteiger partial charge in [0.15, 0.2) is 5.78 Å². The number of carbonyl (C=O) groups excluding carboxylic acids is 4. The summed E-state index contributed by atoms with van der Waals surface area (Å²) in [7, 11) is 0. The van der Waals surface area contributed by atoms with Crippen LogP contribution in [-0.2, 0) is 21.5 Å². The minimum atomic E-state index is -1.22. The van der Waals surface area contributed by atoms with Gasteiger partial charge in [-0.05, 0) is 48.7 Å². The van der Waals surface area contributed by atoms with Crippen LogP contribution in [-0.4, -0.2) is 35.1 Å². The van der Waals surface area contributed by atoms with Gasteiger partial charge in [-0.3, -0.25) is 19.3 Å². The van der Waals surface area contributed by atoms with Crippen LogP contribution >= 0.6 is 0 Å². The fraction of sp³-hybridized carbons (Fsp3) is 0.360. The maximum absolute atomic E-state index is 13.1. The van der Waals surface area contributed by atoms with Crippen molar-refractivity contribution in [2.75, 3.05) is 11.9 Å². The molecule has 4 amide bonds. The highest BCUT2D eigenvalue weighted by Gasteiger charge is 2.49. The van der Waals surface area contributed by atoms with Crippen molar-refractivity contribution in [1.82, 2.24) is 10.2 Å². The molecule has 0 aliphatic carbocycles. The number of ketones is 1. The van der Waals surface area contributed by atoms with Gasteiger partial charge >= 0.3 is 6.03 Å². The molecule has 1 saturated heterocycles. The van der Waals surface area contributed by atoms with Crippen molar-refractivity contribution in [3.8, 4) is 0 Å². The quantitative estimate of drug-likeness (QED) is 0.486.